The van der Waals surface area contributed by atoms with Crippen LogP contribution in [0.15, 0.2) is 16.7 Å². The minimum Gasteiger partial charge on any atom is -0.440 e. The van der Waals surface area contributed by atoms with Gasteiger partial charge in [0.1, 0.15) is 5.52 Å². The summed E-state index contributed by atoms with van der Waals surface area (Å²) < 4.78 is 5.48. The fourth-order valence-electron chi connectivity index (χ4n) is 1.58. The standard InChI is InChI=1S/C10H5Cl2N3O/c1-4-14-7-8(16-4)6-2-5(11)3-13-10(6)15-9(7)12/h2-3H,1H3. The molecule has 0 spiro atoms. The first-order valence-corrected chi connectivity index (χ1v) is 5.28. The number of oxazole rings is 1. The molecule has 3 rings (SSSR count). The Hall–Kier alpha value is -1.39. The van der Waals surface area contributed by atoms with Crippen molar-refractivity contribution in [2.24, 2.45) is 0 Å². The molecule has 0 aliphatic carbocycles. The third-order valence-corrected chi connectivity index (χ3v) is 2.68. The summed E-state index contributed by atoms with van der Waals surface area (Å²) in [5.41, 5.74) is 1.61. The van der Waals surface area contributed by atoms with Gasteiger partial charge in [0.15, 0.2) is 22.3 Å². The molecule has 6 heteroatoms. The quantitative estimate of drug-likeness (QED) is 0.577. The molecule has 0 fully saturated rings. The second-order valence-electron chi connectivity index (χ2n) is 3.34. The van der Waals surface area contributed by atoms with Gasteiger partial charge in [0.25, 0.3) is 0 Å². The normalized spacial score (nSPS) is 11.4. The summed E-state index contributed by atoms with van der Waals surface area (Å²) in [6, 6.07) is 1.74. The van der Waals surface area contributed by atoms with E-state index in [1.165, 1.54) is 6.20 Å². The largest absolute Gasteiger partial charge is 0.440 e. The van der Waals surface area contributed by atoms with Crippen LogP contribution in [-0.2, 0) is 0 Å². The Labute approximate surface area is 100 Å². The van der Waals surface area contributed by atoms with Crippen LogP contribution in [0.3, 0.4) is 0 Å². The lowest BCUT2D eigenvalue weighted by Crippen LogP contribution is -1.86. The predicted molar refractivity (Wildman–Crippen MR) is 61.9 cm³/mol. The summed E-state index contributed by atoms with van der Waals surface area (Å²) in [5, 5.41) is 1.52. The summed E-state index contributed by atoms with van der Waals surface area (Å²) in [4.78, 5) is 12.4. The fraction of sp³-hybridized carbons (Fsp3) is 0.100. The van der Waals surface area contributed by atoms with E-state index in [0.717, 1.165) is 0 Å². The highest BCUT2D eigenvalue weighted by Gasteiger charge is 2.13. The van der Waals surface area contributed by atoms with Crippen LogP contribution < -0.4 is 0 Å². The first-order chi connectivity index (χ1) is 7.65. The van der Waals surface area contributed by atoms with Gasteiger partial charge < -0.3 is 4.42 Å². The number of fused-ring (bicyclic) bond motifs is 3. The second-order valence-corrected chi connectivity index (χ2v) is 4.13. The topological polar surface area (TPSA) is 51.8 Å². The number of halogens is 2. The number of hydrogen-bond donors (Lipinski definition) is 0. The molecule has 0 unspecified atom stereocenters. The first-order valence-electron chi connectivity index (χ1n) is 4.53. The first kappa shape index (κ1) is 9.81. The van der Waals surface area contributed by atoms with Gasteiger partial charge in [-0.25, -0.2) is 15.0 Å². The average molecular weight is 254 g/mol. The van der Waals surface area contributed by atoms with Crippen molar-refractivity contribution in [2.45, 2.75) is 6.92 Å². The molecule has 0 atom stereocenters. The van der Waals surface area contributed by atoms with E-state index in [0.29, 0.717) is 33.0 Å². The third-order valence-electron chi connectivity index (χ3n) is 2.21. The lowest BCUT2D eigenvalue weighted by Gasteiger charge is -1.98. The fourth-order valence-corrected chi connectivity index (χ4v) is 1.95. The molecule has 0 bridgehead atoms. The Morgan fingerprint density at radius 2 is 2.06 bits per heavy atom. The molecule has 16 heavy (non-hydrogen) atoms. The van der Waals surface area contributed by atoms with Gasteiger partial charge >= 0.3 is 0 Å². The summed E-state index contributed by atoms with van der Waals surface area (Å²) in [5.74, 6) is 0.533. The van der Waals surface area contributed by atoms with E-state index in [-0.39, 0.29) is 5.15 Å². The third kappa shape index (κ3) is 1.34. The van der Waals surface area contributed by atoms with Crippen LogP contribution in [0.4, 0.5) is 0 Å². The Bertz CT molecular complexity index is 708. The van der Waals surface area contributed by atoms with Gasteiger partial charge in [0.05, 0.1) is 10.4 Å². The molecule has 4 nitrogen and oxygen atoms in total. The van der Waals surface area contributed by atoms with Gasteiger partial charge in [-0.2, -0.15) is 0 Å². The zero-order chi connectivity index (χ0) is 11.3. The van der Waals surface area contributed by atoms with Gasteiger partial charge in [0.2, 0.25) is 0 Å². The molecular weight excluding hydrogens is 249 g/mol. The van der Waals surface area contributed by atoms with E-state index in [1.807, 2.05) is 0 Å². The van der Waals surface area contributed by atoms with Crippen LogP contribution in [0, 0.1) is 6.92 Å². The number of aromatic nitrogens is 3. The molecule has 80 valence electrons. The lowest BCUT2D eigenvalue weighted by atomic mass is 10.2. The summed E-state index contributed by atoms with van der Waals surface area (Å²) in [6.45, 7) is 1.75. The molecule has 3 aromatic rings. The van der Waals surface area contributed by atoms with Crippen molar-refractivity contribution in [3.8, 4) is 0 Å². The van der Waals surface area contributed by atoms with Crippen LogP contribution in [0.2, 0.25) is 10.2 Å². The van der Waals surface area contributed by atoms with Gasteiger partial charge in [-0.05, 0) is 6.07 Å². The SMILES string of the molecule is Cc1nc2c(Cl)nc3ncc(Cl)cc3c2o1. The molecule has 0 saturated carbocycles. The smallest absolute Gasteiger partial charge is 0.192 e. The van der Waals surface area contributed by atoms with Gasteiger partial charge in [0, 0.05) is 13.1 Å². The zero-order valence-corrected chi connectivity index (χ0v) is 9.67. The molecule has 3 aromatic heterocycles. The van der Waals surface area contributed by atoms with Crippen LogP contribution in [0.25, 0.3) is 22.1 Å². The molecular formula is C10H5Cl2N3O. The maximum Gasteiger partial charge on any atom is 0.192 e. The zero-order valence-electron chi connectivity index (χ0n) is 8.16. The highest BCUT2D eigenvalue weighted by Crippen LogP contribution is 2.29. The van der Waals surface area contributed by atoms with Crippen LogP contribution in [0.5, 0.6) is 0 Å². The van der Waals surface area contributed by atoms with E-state index >= 15 is 0 Å². The molecule has 0 radical (unpaired) electrons. The lowest BCUT2D eigenvalue weighted by molar-refractivity contribution is 0.563. The van der Waals surface area contributed by atoms with Crippen LogP contribution >= 0.6 is 23.2 Å². The van der Waals surface area contributed by atoms with E-state index in [2.05, 4.69) is 15.0 Å². The van der Waals surface area contributed by atoms with E-state index in [4.69, 9.17) is 27.6 Å². The number of aryl methyl sites for hydroxylation is 1. The minimum atomic E-state index is 0.286. The van der Waals surface area contributed by atoms with Crippen molar-refractivity contribution in [3.05, 3.63) is 28.3 Å². The van der Waals surface area contributed by atoms with E-state index in [1.54, 1.807) is 13.0 Å². The number of pyridine rings is 2. The average Bonchev–Trinajstić information content (AvgIpc) is 2.62. The molecule has 3 heterocycles. The van der Waals surface area contributed by atoms with Crippen molar-refractivity contribution in [3.63, 3.8) is 0 Å². The van der Waals surface area contributed by atoms with Crippen molar-refractivity contribution < 1.29 is 4.42 Å². The predicted octanol–water partition coefficient (Wildman–Crippen LogP) is 3.39. The summed E-state index contributed by atoms with van der Waals surface area (Å²) >= 11 is 11.9. The summed E-state index contributed by atoms with van der Waals surface area (Å²) in [6.07, 6.45) is 1.52. The maximum atomic E-state index is 5.98. The van der Waals surface area contributed by atoms with E-state index < -0.39 is 0 Å². The minimum absolute atomic E-state index is 0.286. The van der Waals surface area contributed by atoms with Gasteiger partial charge in [-0.3, -0.25) is 0 Å². The van der Waals surface area contributed by atoms with Crippen LogP contribution in [0.1, 0.15) is 5.89 Å². The molecule has 0 amide bonds. The maximum absolute atomic E-state index is 5.98. The van der Waals surface area contributed by atoms with Crippen molar-refractivity contribution >= 4 is 45.3 Å². The number of nitrogens with zero attached hydrogens (tertiary/aromatic N) is 3. The Morgan fingerprint density at radius 1 is 1.25 bits per heavy atom. The highest BCUT2D eigenvalue weighted by atomic mass is 35.5. The molecule has 0 saturated heterocycles. The molecule has 0 aromatic carbocycles. The Morgan fingerprint density at radius 3 is 2.88 bits per heavy atom. The second kappa shape index (κ2) is 3.30. The van der Waals surface area contributed by atoms with E-state index in [9.17, 15) is 0 Å². The van der Waals surface area contributed by atoms with Gasteiger partial charge in [-0.15, -0.1) is 0 Å². The monoisotopic (exact) mass is 253 g/mol. The van der Waals surface area contributed by atoms with Crippen molar-refractivity contribution in [1.82, 2.24) is 15.0 Å². The number of hydrogen-bond acceptors (Lipinski definition) is 4. The number of rotatable bonds is 0. The van der Waals surface area contributed by atoms with Gasteiger partial charge in [-0.1, -0.05) is 23.2 Å². The highest BCUT2D eigenvalue weighted by molar-refractivity contribution is 6.35. The molecule has 0 aliphatic heterocycles. The Kier molecular flexibility index (Phi) is 2.02. The van der Waals surface area contributed by atoms with Crippen LogP contribution in [-0.4, -0.2) is 15.0 Å². The summed E-state index contributed by atoms with van der Waals surface area (Å²) in [7, 11) is 0. The van der Waals surface area contributed by atoms with Crippen molar-refractivity contribution in [1.29, 1.82) is 0 Å². The molecule has 0 aliphatic rings. The molecule has 0 N–H and O–H groups in total. The van der Waals surface area contributed by atoms with Crippen molar-refractivity contribution in [2.75, 3.05) is 0 Å². The Balaban J connectivity index is 2.59.